The lowest BCUT2D eigenvalue weighted by atomic mass is 9.95. The number of likely N-dealkylation sites (N-methyl/N-ethyl adjacent to an activating group) is 1. The van der Waals surface area contributed by atoms with Crippen LogP contribution in [0.1, 0.15) is 23.7 Å². The molecule has 1 N–H and O–H groups in total. The van der Waals surface area contributed by atoms with Crippen LogP contribution in [0.4, 0.5) is 22.0 Å². The van der Waals surface area contributed by atoms with Crippen molar-refractivity contribution in [2.45, 2.75) is 31.2 Å². The molecule has 0 spiro atoms. The summed E-state index contributed by atoms with van der Waals surface area (Å²) in [6, 6.07) is 2.81. The summed E-state index contributed by atoms with van der Waals surface area (Å²) in [5, 5.41) is 2.99. The molecule has 0 radical (unpaired) electrons. The zero-order valence-corrected chi connectivity index (χ0v) is 15.7. The Hall–Kier alpha value is -2.00. The maximum Gasteiger partial charge on any atom is 0.419 e. The lowest BCUT2D eigenvalue weighted by Crippen LogP contribution is -2.38. The summed E-state index contributed by atoms with van der Waals surface area (Å²) < 4.78 is 69.0. The van der Waals surface area contributed by atoms with Gasteiger partial charge in [0.15, 0.2) is 0 Å². The van der Waals surface area contributed by atoms with Crippen LogP contribution in [-0.4, -0.2) is 54.4 Å². The molecule has 1 saturated heterocycles. The third kappa shape index (κ3) is 4.52. The Kier molecular flexibility index (Phi) is 6.04. The van der Waals surface area contributed by atoms with Crippen LogP contribution in [0.3, 0.4) is 0 Å². The summed E-state index contributed by atoms with van der Waals surface area (Å²) in [7, 11) is 3.80. The van der Waals surface area contributed by atoms with Crippen LogP contribution in [0.15, 0.2) is 24.4 Å². The Labute approximate surface area is 160 Å². The normalized spacial score (nSPS) is 20.7. The molecule has 1 aliphatic rings. The molecule has 0 bridgehead atoms. The van der Waals surface area contributed by atoms with E-state index in [1.54, 1.807) is 10.8 Å². The first-order valence-corrected chi connectivity index (χ1v) is 9.10. The van der Waals surface area contributed by atoms with E-state index < -0.39 is 29.6 Å². The minimum atomic E-state index is -4.80. The molecular weight excluding hydrogens is 379 g/mol. The van der Waals surface area contributed by atoms with E-state index in [1.807, 2.05) is 19.0 Å². The van der Waals surface area contributed by atoms with E-state index in [2.05, 4.69) is 10.3 Å². The largest absolute Gasteiger partial charge is 0.419 e. The topological polar surface area (TPSA) is 33.1 Å². The molecule has 9 heteroatoms. The van der Waals surface area contributed by atoms with Crippen molar-refractivity contribution in [3.05, 3.63) is 41.6 Å². The number of benzene rings is 1. The van der Waals surface area contributed by atoms with E-state index in [0.29, 0.717) is 31.9 Å². The second-order valence-electron chi connectivity index (χ2n) is 7.29. The number of hydrogen-bond acceptors (Lipinski definition) is 3. The fourth-order valence-electron chi connectivity index (χ4n) is 3.37. The zero-order valence-electron chi connectivity index (χ0n) is 15.7. The van der Waals surface area contributed by atoms with Gasteiger partial charge < -0.3 is 14.8 Å². The van der Waals surface area contributed by atoms with Crippen LogP contribution in [0.2, 0.25) is 0 Å². The first-order chi connectivity index (χ1) is 13.2. The second kappa shape index (κ2) is 8.16. The molecule has 2 heterocycles. The van der Waals surface area contributed by atoms with E-state index in [0.717, 1.165) is 12.1 Å². The van der Waals surface area contributed by atoms with Gasteiger partial charge in [-0.3, -0.25) is 0 Å². The second-order valence-corrected chi connectivity index (χ2v) is 7.29. The maximum atomic E-state index is 14.5. The van der Waals surface area contributed by atoms with Crippen LogP contribution in [0.25, 0.3) is 11.3 Å². The van der Waals surface area contributed by atoms with Crippen molar-refractivity contribution in [3.63, 3.8) is 0 Å². The summed E-state index contributed by atoms with van der Waals surface area (Å²) in [5.41, 5.74) is -0.896. The average Bonchev–Trinajstić information content (AvgIpc) is 3.03. The highest BCUT2D eigenvalue weighted by Crippen LogP contribution is 2.35. The molecule has 2 unspecified atom stereocenters. The van der Waals surface area contributed by atoms with Gasteiger partial charge in [0.25, 0.3) is 0 Å². The van der Waals surface area contributed by atoms with Crippen molar-refractivity contribution in [1.82, 2.24) is 19.8 Å². The number of nitrogens with one attached hydrogen (secondary N) is 1. The van der Waals surface area contributed by atoms with Gasteiger partial charge in [-0.25, -0.2) is 13.8 Å². The number of imidazole rings is 1. The van der Waals surface area contributed by atoms with Gasteiger partial charge in [0.05, 0.1) is 17.2 Å². The van der Waals surface area contributed by atoms with Crippen LogP contribution in [0, 0.1) is 5.82 Å². The van der Waals surface area contributed by atoms with Crippen LogP contribution in [0.5, 0.6) is 0 Å². The number of aromatic nitrogens is 2. The number of halogens is 5. The van der Waals surface area contributed by atoms with E-state index in [-0.39, 0.29) is 17.8 Å². The molecule has 0 saturated carbocycles. The SMILES string of the molecule is CN(C)CCn1cc(-c2ccc(F)c(C(F)(F)F)c2)nc1C1CCNCC1F. The first kappa shape index (κ1) is 20.7. The van der Waals surface area contributed by atoms with Gasteiger partial charge in [-0.15, -0.1) is 0 Å². The first-order valence-electron chi connectivity index (χ1n) is 9.10. The zero-order chi connectivity index (χ0) is 20.5. The summed E-state index contributed by atoms with van der Waals surface area (Å²) in [4.78, 5) is 6.43. The molecule has 1 aromatic heterocycles. The Morgan fingerprint density at radius 3 is 2.68 bits per heavy atom. The fourth-order valence-corrected chi connectivity index (χ4v) is 3.37. The lowest BCUT2D eigenvalue weighted by Gasteiger charge is -2.27. The number of alkyl halides is 4. The Bertz CT molecular complexity index is 815. The lowest BCUT2D eigenvalue weighted by molar-refractivity contribution is -0.139. The third-order valence-electron chi connectivity index (χ3n) is 4.90. The predicted octanol–water partition coefficient (Wildman–Crippen LogP) is 3.68. The van der Waals surface area contributed by atoms with Crippen molar-refractivity contribution in [3.8, 4) is 11.3 Å². The van der Waals surface area contributed by atoms with E-state index in [9.17, 15) is 22.0 Å². The van der Waals surface area contributed by atoms with E-state index >= 15 is 0 Å². The van der Waals surface area contributed by atoms with Crippen molar-refractivity contribution >= 4 is 0 Å². The Morgan fingerprint density at radius 1 is 1.29 bits per heavy atom. The number of nitrogens with zero attached hydrogens (tertiary/aromatic N) is 3. The Balaban J connectivity index is 2.01. The molecule has 0 amide bonds. The highest BCUT2D eigenvalue weighted by molar-refractivity contribution is 5.60. The van der Waals surface area contributed by atoms with Crippen LogP contribution in [-0.2, 0) is 12.7 Å². The van der Waals surface area contributed by atoms with Crippen molar-refractivity contribution in [2.75, 3.05) is 33.7 Å². The van der Waals surface area contributed by atoms with Gasteiger partial charge in [-0.2, -0.15) is 13.2 Å². The Morgan fingerprint density at radius 2 is 2.04 bits per heavy atom. The van der Waals surface area contributed by atoms with Crippen LogP contribution >= 0.6 is 0 Å². The van der Waals surface area contributed by atoms with Crippen LogP contribution < -0.4 is 5.32 Å². The monoisotopic (exact) mass is 402 g/mol. The summed E-state index contributed by atoms with van der Waals surface area (Å²) >= 11 is 0. The number of rotatable bonds is 5. The average molecular weight is 402 g/mol. The minimum Gasteiger partial charge on any atom is -0.333 e. The molecule has 28 heavy (non-hydrogen) atoms. The third-order valence-corrected chi connectivity index (χ3v) is 4.90. The molecule has 1 aliphatic heterocycles. The molecule has 154 valence electrons. The fraction of sp³-hybridized carbons (Fsp3) is 0.526. The van der Waals surface area contributed by atoms with E-state index in [1.165, 1.54) is 6.07 Å². The minimum absolute atomic E-state index is 0.155. The van der Waals surface area contributed by atoms with Crippen molar-refractivity contribution in [2.24, 2.45) is 0 Å². The van der Waals surface area contributed by atoms with Gasteiger partial charge in [-0.1, -0.05) is 0 Å². The maximum absolute atomic E-state index is 14.5. The summed E-state index contributed by atoms with van der Waals surface area (Å²) in [5.74, 6) is -1.24. The number of hydrogen-bond donors (Lipinski definition) is 1. The number of piperidine rings is 1. The molecule has 3 rings (SSSR count). The molecule has 4 nitrogen and oxygen atoms in total. The van der Waals surface area contributed by atoms with Crippen molar-refractivity contribution < 1.29 is 22.0 Å². The smallest absolute Gasteiger partial charge is 0.333 e. The van der Waals surface area contributed by atoms with E-state index in [4.69, 9.17) is 0 Å². The molecule has 2 aromatic rings. The standard InChI is InChI=1S/C19H23F5N4/c1-27(2)7-8-28-11-17(26-18(28)13-5-6-25-10-16(13)21)12-3-4-15(20)14(9-12)19(22,23)24/h3-4,9,11,13,16,25H,5-8,10H2,1-2H3. The molecule has 0 aliphatic carbocycles. The summed E-state index contributed by atoms with van der Waals surface area (Å²) in [6.45, 7) is 2.06. The highest BCUT2D eigenvalue weighted by Gasteiger charge is 2.35. The summed E-state index contributed by atoms with van der Waals surface area (Å²) in [6.07, 6.45) is -3.74. The molecular formula is C19H23F5N4. The molecule has 2 atom stereocenters. The van der Waals surface area contributed by atoms with Gasteiger partial charge in [0.1, 0.15) is 17.8 Å². The molecule has 1 fully saturated rings. The van der Waals surface area contributed by atoms with Gasteiger partial charge in [0, 0.05) is 31.4 Å². The highest BCUT2D eigenvalue weighted by atomic mass is 19.4. The predicted molar refractivity (Wildman–Crippen MR) is 96.3 cm³/mol. The van der Waals surface area contributed by atoms with Crippen molar-refractivity contribution in [1.29, 1.82) is 0 Å². The quantitative estimate of drug-likeness (QED) is 0.775. The van der Waals surface area contributed by atoms with Gasteiger partial charge in [-0.05, 0) is 45.3 Å². The van der Waals surface area contributed by atoms with Gasteiger partial charge >= 0.3 is 6.18 Å². The molecule has 1 aromatic carbocycles. The van der Waals surface area contributed by atoms with Gasteiger partial charge in [0.2, 0.25) is 0 Å².